The molecule has 5 heteroatoms. The zero-order valence-corrected chi connectivity index (χ0v) is 14.0. The number of likely N-dealkylation sites (tertiary alicyclic amines) is 1. The van der Waals surface area contributed by atoms with Crippen LogP contribution in [0.1, 0.15) is 32.1 Å². The van der Waals surface area contributed by atoms with Gasteiger partial charge in [0.1, 0.15) is 5.82 Å². The molecule has 0 atom stereocenters. The predicted molar refractivity (Wildman–Crippen MR) is 92.6 cm³/mol. The Kier molecular flexibility index (Phi) is 5.86. The molecule has 0 spiro atoms. The minimum absolute atomic E-state index is 0.318. The molecule has 2 aliphatic rings. The molecule has 0 radical (unpaired) electrons. The molecular weight excluding hydrogens is 288 g/mol. The molecule has 23 heavy (non-hydrogen) atoms. The second-order valence-corrected chi connectivity index (χ2v) is 6.60. The average molecular weight is 316 g/mol. The minimum atomic E-state index is 0.318. The molecular formula is C18H28N4O. The largest absolute Gasteiger partial charge is 0.354 e. The van der Waals surface area contributed by atoms with Crippen molar-refractivity contribution in [1.29, 1.82) is 0 Å². The van der Waals surface area contributed by atoms with Crippen LogP contribution in [0.2, 0.25) is 0 Å². The lowest BCUT2D eigenvalue weighted by Crippen LogP contribution is -2.50. The van der Waals surface area contributed by atoms with Crippen LogP contribution in [0.4, 0.5) is 5.82 Å². The molecule has 5 nitrogen and oxygen atoms in total. The predicted octanol–water partition coefficient (Wildman–Crippen LogP) is 2.00. The summed E-state index contributed by atoms with van der Waals surface area (Å²) in [6, 6.07) is 6.03. The van der Waals surface area contributed by atoms with E-state index in [0.29, 0.717) is 12.5 Å². The first kappa shape index (κ1) is 16.2. The van der Waals surface area contributed by atoms with Gasteiger partial charge in [0.15, 0.2) is 0 Å². The summed E-state index contributed by atoms with van der Waals surface area (Å²) in [7, 11) is 0. The van der Waals surface area contributed by atoms with Crippen LogP contribution in [0, 0.1) is 0 Å². The van der Waals surface area contributed by atoms with E-state index in [0.717, 1.165) is 45.1 Å². The highest BCUT2D eigenvalue weighted by Crippen LogP contribution is 2.14. The fraction of sp³-hybridized carbons (Fsp3) is 0.667. The molecule has 0 N–H and O–H groups in total. The van der Waals surface area contributed by atoms with E-state index < -0.39 is 0 Å². The van der Waals surface area contributed by atoms with Gasteiger partial charge < -0.3 is 9.80 Å². The summed E-state index contributed by atoms with van der Waals surface area (Å²) in [5.74, 6) is 1.36. The first-order valence-corrected chi connectivity index (χ1v) is 8.99. The molecule has 3 heterocycles. The molecule has 0 saturated carbocycles. The maximum Gasteiger partial charge on any atom is 0.236 e. The van der Waals surface area contributed by atoms with Gasteiger partial charge in [0.2, 0.25) is 5.91 Å². The molecule has 2 fully saturated rings. The summed E-state index contributed by atoms with van der Waals surface area (Å²) < 4.78 is 0. The van der Waals surface area contributed by atoms with Gasteiger partial charge in [-0.05, 0) is 25.0 Å². The molecule has 0 unspecified atom stereocenters. The number of rotatable bonds is 3. The van der Waals surface area contributed by atoms with Crippen molar-refractivity contribution in [3.63, 3.8) is 0 Å². The molecule has 0 aromatic carbocycles. The van der Waals surface area contributed by atoms with Crippen molar-refractivity contribution in [2.75, 3.05) is 50.7 Å². The minimum Gasteiger partial charge on any atom is -0.354 e. The van der Waals surface area contributed by atoms with E-state index in [1.807, 2.05) is 18.3 Å². The van der Waals surface area contributed by atoms with Gasteiger partial charge in [-0.15, -0.1) is 0 Å². The number of amides is 1. The normalized spacial score (nSPS) is 20.9. The number of piperazine rings is 1. The van der Waals surface area contributed by atoms with Gasteiger partial charge in [0.05, 0.1) is 6.54 Å². The highest BCUT2D eigenvalue weighted by molar-refractivity contribution is 5.78. The molecule has 126 valence electrons. The van der Waals surface area contributed by atoms with Gasteiger partial charge in [0, 0.05) is 45.5 Å². The van der Waals surface area contributed by atoms with Gasteiger partial charge in [-0.3, -0.25) is 9.69 Å². The third-order valence-electron chi connectivity index (χ3n) is 4.91. The zero-order valence-electron chi connectivity index (χ0n) is 14.0. The number of pyridine rings is 1. The number of hydrogen-bond acceptors (Lipinski definition) is 4. The van der Waals surface area contributed by atoms with Gasteiger partial charge in [-0.1, -0.05) is 25.3 Å². The quantitative estimate of drug-likeness (QED) is 0.855. The monoisotopic (exact) mass is 316 g/mol. The second kappa shape index (κ2) is 8.29. The Morgan fingerprint density at radius 3 is 2.26 bits per heavy atom. The van der Waals surface area contributed by atoms with Crippen molar-refractivity contribution < 1.29 is 4.79 Å². The number of hydrogen-bond donors (Lipinski definition) is 0. The molecule has 0 aliphatic carbocycles. The third-order valence-corrected chi connectivity index (χ3v) is 4.91. The number of aromatic nitrogens is 1. The van der Waals surface area contributed by atoms with Gasteiger partial charge >= 0.3 is 0 Å². The van der Waals surface area contributed by atoms with Crippen molar-refractivity contribution in [1.82, 2.24) is 14.8 Å². The molecule has 1 aromatic rings. The van der Waals surface area contributed by atoms with E-state index in [-0.39, 0.29) is 0 Å². The maximum atomic E-state index is 12.5. The summed E-state index contributed by atoms with van der Waals surface area (Å²) >= 11 is 0. The number of carbonyl (C=O) groups is 1. The van der Waals surface area contributed by atoms with Gasteiger partial charge in [0.25, 0.3) is 0 Å². The first-order valence-electron chi connectivity index (χ1n) is 8.99. The van der Waals surface area contributed by atoms with E-state index in [1.54, 1.807) is 0 Å². The second-order valence-electron chi connectivity index (χ2n) is 6.60. The fourth-order valence-corrected chi connectivity index (χ4v) is 3.46. The highest BCUT2D eigenvalue weighted by Gasteiger charge is 2.22. The molecule has 0 bridgehead atoms. The van der Waals surface area contributed by atoms with Crippen LogP contribution < -0.4 is 4.90 Å². The molecule has 2 aliphatic heterocycles. The molecule has 2 saturated heterocycles. The lowest BCUT2D eigenvalue weighted by atomic mass is 10.1. The summed E-state index contributed by atoms with van der Waals surface area (Å²) in [6.45, 7) is 6.26. The van der Waals surface area contributed by atoms with Crippen molar-refractivity contribution in [2.24, 2.45) is 0 Å². The Hall–Kier alpha value is -1.62. The van der Waals surface area contributed by atoms with Crippen LogP contribution in [-0.4, -0.2) is 66.5 Å². The van der Waals surface area contributed by atoms with Crippen molar-refractivity contribution in [3.05, 3.63) is 24.4 Å². The zero-order chi connectivity index (χ0) is 15.9. The Labute approximate surface area is 139 Å². The van der Waals surface area contributed by atoms with Crippen LogP contribution in [0.25, 0.3) is 0 Å². The summed E-state index contributed by atoms with van der Waals surface area (Å²) in [4.78, 5) is 23.6. The Morgan fingerprint density at radius 1 is 0.913 bits per heavy atom. The van der Waals surface area contributed by atoms with Crippen molar-refractivity contribution in [2.45, 2.75) is 32.1 Å². The lowest BCUT2D eigenvalue weighted by molar-refractivity contribution is -0.132. The Balaban J connectivity index is 1.45. The van der Waals surface area contributed by atoms with E-state index >= 15 is 0 Å². The topological polar surface area (TPSA) is 39.7 Å². The molecule has 3 rings (SSSR count). The first-order chi connectivity index (χ1) is 11.3. The Bertz CT molecular complexity index is 477. The lowest BCUT2D eigenvalue weighted by Gasteiger charge is -2.36. The number of carbonyl (C=O) groups excluding carboxylic acids is 1. The number of anilines is 1. The standard InChI is InChI=1S/C18H28N4O/c23-18(22-10-6-2-1-3-7-11-22)16-20-12-14-21(15-13-20)17-8-4-5-9-19-17/h4-5,8-9H,1-3,6-7,10-16H2. The van der Waals surface area contributed by atoms with Gasteiger partial charge in [-0.2, -0.15) is 0 Å². The maximum absolute atomic E-state index is 12.5. The van der Waals surface area contributed by atoms with Crippen LogP contribution in [0.3, 0.4) is 0 Å². The van der Waals surface area contributed by atoms with E-state index in [9.17, 15) is 4.79 Å². The smallest absolute Gasteiger partial charge is 0.236 e. The average Bonchev–Trinajstić information content (AvgIpc) is 2.56. The van der Waals surface area contributed by atoms with E-state index in [4.69, 9.17) is 0 Å². The van der Waals surface area contributed by atoms with Gasteiger partial charge in [-0.25, -0.2) is 4.98 Å². The van der Waals surface area contributed by atoms with E-state index in [2.05, 4.69) is 25.8 Å². The summed E-state index contributed by atoms with van der Waals surface area (Å²) in [5.41, 5.74) is 0. The van der Waals surface area contributed by atoms with Crippen molar-refractivity contribution in [3.8, 4) is 0 Å². The molecule has 1 aromatic heterocycles. The van der Waals surface area contributed by atoms with Crippen molar-refractivity contribution >= 4 is 11.7 Å². The fourth-order valence-electron chi connectivity index (χ4n) is 3.46. The summed E-state index contributed by atoms with van der Waals surface area (Å²) in [5, 5.41) is 0. The Morgan fingerprint density at radius 2 is 1.61 bits per heavy atom. The van der Waals surface area contributed by atoms with Crippen LogP contribution >= 0.6 is 0 Å². The SMILES string of the molecule is O=C(CN1CCN(c2ccccn2)CC1)N1CCCCCCC1. The van der Waals surface area contributed by atoms with E-state index in [1.165, 1.54) is 32.1 Å². The number of nitrogens with zero attached hydrogens (tertiary/aromatic N) is 4. The van der Waals surface area contributed by atoms with Crippen LogP contribution in [0.15, 0.2) is 24.4 Å². The molecule has 1 amide bonds. The van der Waals surface area contributed by atoms with Crippen LogP contribution in [-0.2, 0) is 4.79 Å². The highest BCUT2D eigenvalue weighted by atomic mass is 16.2. The third kappa shape index (κ3) is 4.67. The summed E-state index contributed by atoms with van der Waals surface area (Å²) in [6.07, 6.45) is 8.04. The van der Waals surface area contributed by atoms with Crippen LogP contribution in [0.5, 0.6) is 0 Å².